The zero-order chi connectivity index (χ0) is 29.3. The average Bonchev–Trinajstić information content (AvgIpc) is 3.65. The fourth-order valence-corrected chi connectivity index (χ4v) is 4.92. The van der Waals surface area contributed by atoms with Gasteiger partial charge in [-0.25, -0.2) is 4.79 Å². The van der Waals surface area contributed by atoms with Crippen LogP contribution in [-0.4, -0.2) is 49.5 Å². The van der Waals surface area contributed by atoms with Crippen molar-refractivity contribution in [2.45, 2.75) is 39.3 Å². The van der Waals surface area contributed by atoms with E-state index in [1.54, 1.807) is 48.9 Å². The first-order chi connectivity index (χ1) is 20.2. The van der Waals surface area contributed by atoms with Gasteiger partial charge in [0.25, 0.3) is 0 Å². The highest BCUT2D eigenvalue weighted by Crippen LogP contribution is 2.32. The van der Waals surface area contributed by atoms with Gasteiger partial charge in [-0.2, -0.15) is 10.2 Å². The topological polar surface area (TPSA) is 113 Å². The van der Waals surface area contributed by atoms with Crippen LogP contribution in [0, 0.1) is 0 Å². The average molecular weight is 563 g/mol. The van der Waals surface area contributed by atoms with Gasteiger partial charge < -0.3 is 20.3 Å². The molecule has 10 heteroatoms. The maximum atomic E-state index is 13.1. The first-order valence-corrected chi connectivity index (χ1v) is 13.9. The van der Waals surface area contributed by atoms with Gasteiger partial charge in [-0.15, -0.1) is 0 Å². The van der Waals surface area contributed by atoms with Crippen molar-refractivity contribution >= 4 is 17.4 Å². The van der Waals surface area contributed by atoms with E-state index in [0.29, 0.717) is 22.9 Å². The number of hydrogen-bond acceptors (Lipinski definition) is 6. The van der Waals surface area contributed by atoms with E-state index in [1.165, 1.54) is 11.1 Å². The van der Waals surface area contributed by atoms with E-state index in [1.807, 2.05) is 16.9 Å². The highest BCUT2D eigenvalue weighted by Gasteiger charge is 2.22. The lowest BCUT2D eigenvalue weighted by Crippen LogP contribution is -2.26. The van der Waals surface area contributed by atoms with Gasteiger partial charge in [-0.3, -0.25) is 14.8 Å². The number of benzene rings is 2. The van der Waals surface area contributed by atoms with Crippen LogP contribution >= 0.6 is 0 Å². The SMILES string of the molecule is CN1CCc2ccc(-c3nn(C(C)(C)C)cc3NC(=O)Nc3ccc(Oc4ccnc(-c5cn[nH]c5)c4)cc3)cc2C1. The first kappa shape index (κ1) is 27.2. The molecule has 0 radical (unpaired) electrons. The molecule has 1 aliphatic heterocycles. The van der Waals surface area contributed by atoms with Gasteiger partial charge in [-0.1, -0.05) is 12.1 Å². The van der Waals surface area contributed by atoms with Crippen molar-refractivity contribution in [3.63, 3.8) is 0 Å². The molecule has 3 aromatic heterocycles. The predicted molar refractivity (Wildman–Crippen MR) is 164 cm³/mol. The number of nitrogens with zero attached hydrogens (tertiary/aromatic N) is 5. The number of rotatable bonds is 6. The fourth-order valence-electron chi connectivity index (χ4n) is 4.92. The number of aromatic nitrogens is 5. The quantitative estimate of drug-likeness (QED) is 0.217. The van der Waals surface area contributed by atoms with E-state index < -0.39 is 0 Å². The maximum absolute atomic E-state index is 13.1. The summed E-state index contributed by atoms with van der Waals surface area (Å²) in [5.41, 5.74) is 7.07. The van der Waals surface area contributed by atoms with Crippen LogP contribution in [0.1, 0.15) is 31.9 Å². The molecule has 0 aliphatic carbocycles. The maximum Gasteiger partial charge on any atom is 0.323 e. The van der Waals surface area contributed by atoms with E-state index in [0.717, 1.165) is 42.0 Å². The molecule has 42 heavy (non-hydrogen) atoms. The molecule has 10 nitrogen and oxygen atoms in total. The number of H-pyrrole nitrogens is 1. The van der Waals surface area contributed by atoms with Crippen LogP contribution < -0.4 is 15.4 Å². The van der Waals surface area contributed by atoms with Crippen LogP contribution in [0.5, 0.6) is 11.5 Å². The molecule has 3 N–H and O–H groups in total. The summed E-state index contributed by atoms with van der Waals surface area (Å²) in [4.78, 5) is 19.8. The number of likely N-dealkylation sites (N-methyl/N-ethyl adjacent to an activating group) is 1. The number of urea groups is 1. The van der Waals surface area contributed by atoms with Crippen molar-refractivity contribution in [1.82, 2.24) is 29.9 Å². The minimum absolute atomic E-state index is 0.247. The van der Waals surface area contributed by atoms with Crippen LogP contribution in [0.4, 0.5) is 16.2 Å². The molecule has 2 amide bonds. The molecule has 214 valence electrons. The van der Waals surface area contributed by atoms with Crippen LogP contribution in [0.25, 0.3) is 22.5 Å². The summed E-state index contributed by atoms with van der Waals surface area (Å²) in [5, 5.41) is 17.6. The molecule has 0 atom stereocenters. The molecule has 0 spiro atoms. The number of carbonyl (C=O) groups excluding carboxylic acids is 1. The summed E-state index contributed by atoms with van der Waals surface area (Å²) in [6, 6.07) is 17.0. The van der Waals surface area contributed by atoms with Gasteiger partial charge in [0.05, 0.1) is 23.1 Å². The number of pyridine rings is 1. The van der Waals surface area contributed by atoms with Gasteiger partial charge in [0.15, 0.2) is 0 Å². The van der Waals surface area contributed by atoms with Gasteiger partial charge in [0.2, 0.25) is 0 Å². The number of ether oxygens (including phenoxy) is 1. The lowest BCUT2D eigenvalue weighted by atomic mass is 9.96. The summed E-state index contributed by atoms with van der Waals surface area (Å²) in [6.07, 6.45) is 8.11. The molecular weight excluding hydrogens is 528 g/mol. The Bertz CT molecular complexity index is 1700. The highest BCUT2D eigenvalue weighted by atomic mass is 16.5. The second kappa shape index (κ2) is 11.1. The second-order valence-corrected chi connectivity index (χ2v) is 11.5. The van der Waals surface area contributed by atoms with Crippen molar-refractivity contribution < 1.29 is 9.53 Å². The van der Waals surface area contributed by atoms with Crippen LogP contribution in [-0.2, 0) is 18.5 Å². The Balaban J connectivity index is 1.16. The molecule has 0 unspecified atom stereocenters. The summed E-state index contributed by atoms with van der Waals surface area (Å²) >= 11 is 0. The normalized spacial score (nSPS) is 13.4. The van der Waals surface area contributed by atoms with E-state index in [4.69, 9.17) is 9.84 Å². The van der Waals surface area contributed by atoms with Gasteiger partial charge in [0, 0.05) is 54.6 Å². The largest absolute Gasteiger partial charge is 0.457 e. The third-order valence-corrected chi connectivity index (χ3v) is 7.21. The van der Waals surface area contributed by atoms with E-state index in [2.05, 4.69) is 76.7 Å². The lowest BCUT2D eigenvalue weighted by Gasteiger charge is -2.25. The summed E-state index contributed by atoms with van der Waals surface area (Å²) in [7, 11) is 2.14. The number of fused-ring (bicyclic) bond motifs is 1. The van der Waals surface area contributed by atoms with Gasteiger partial charge >= 0.3 is 6.03 Å². The van der Waals surface area contributed by atoms with Crippen molar-refractivity contribution in [3.8, 4) is 34.0 Å². The molecule has 2 aromatic carbocycles. The van der Waals surface area contributed by atoms with Crippen molar-refractivity contribution in [2.75, 3.05) is 24.2 Å². The molecular formula is C32H34N8O2. The Morgan fingerprint density at radius 2 is 1.81 bits per heavy atom. The van der Waals surface area contributed by atoms with Gasteiger partial charge in [-0.05, 0) is 81.8 Å². The van der Waals surface area contributed by atoms with Crippen molar-refractivity contribution in [2.24, 2.45) is 0 Å². The van der Waals surface area contributed by atoms with E-state index in [9.17, 15) is 4.79 Å². The first-order valence-electron chi connectivity index (χ1n) is 13.9. The number of hydrogen-bond donors (Lipinski definition) is 3. The Labute approximate surface area is 244 Å². The van der Waals surface area contributed by atoms with E-state index in [-0.39, 0.29) is 11.6 Å². The lowest BCUT2D eigenvalue weighted by molar-refractivity contribution is 0.262. The molecule has 5 aromatic rings. The third-order valence-electron chi connectivity index (χ3n) is 7.21. The van der Waals surface area contributed by atoms with Crippen LogP contribution in [0.2, 0.25) is 0 Å². The minimum atomic E-state index is -0.352. The zero-order valence-electron chi connectivity index (χ0n) is 24.2. The number of aromatic amines is 1. The molecule has 1 aliphatic rings. The molecule has 0 saturated carbocycles. The van der Waals surface area contributed by atoms with Crippen molar-refractivity contribution in [3.05, 3.63) is 90.5 Å². The molecule has 0 saturated heterocycles. The summed E-state index contributed by atoms with van der Waals surface area (Å²) in [6.45, 7) is 8.22. The Morgan fingerprint density at radius 3 is 2.57 bits per heavy atom. The zero-order valence-corrected chi connectivity index (χ0v) is 24.2. The third kappa shape index (κ3) is 6.03. The predicted octanol–water partition coefficient (Wildman–Crippen LogP) is 6.51. The van der Waals surface area contributed by atoms with Crippen LogP contribution in [0.3, 0.4) is 0 Å². The molecule has 0 fully saturated rings. The number of nitrogens with one attached hydrogen (secondary N) is 3. The Morgan fingerprint density at radius 1 is 0.976 bits per heavy atom. The summed E-state index contributed by atoms with van der Waals surface area (Å²) in [5.74, 6) is 1.29. The minimum Gasteiger partial charge on any atom is -0.457 e. The molecule has 0 bridgehead atoms. The fraction of sp³-hybridized carbons (Fsp3) is 0.250. The highest BCUT2D eigenvalue weighted by molar-refractivity contribution is 6.01. The van der Waals surface area contributed by atoms with E-state index >= 15 is 0 Å². The summed E-state index contributed by atoms with van der Waals surface area (Å²) < 4.78 is 7.90. The number of amides is 2. The second-order valence-electron chi connectivity index (χ2n) is 11.5. The smallest absolute Gasteiger partial charge is 0.323 e. The monoisotopic (exact) mass is 562 g/mol. The van der Waals surface area contributed by atoms with Crippen LogP contribution in [0.15, 0.2) is 79.4 Å². The number of anilines is 2. The molecule has 6 rings (SSSR count). The number of carbonyl (C=O) groups is 1. The molecule has 4 heterocycles. The Kier molecular flexibility index (Phi) is 7.22. The van der Waals surface area contributed by atoms with Crippen molar-refractivity contribution in [1.29, 1.82) is 0 Å². The Hall–Kier alpha value is -4.96. The van der Waals surface area contributed by atoms with Gasteiger partial charge in [0.1, 0.15) is 17.2 Å². The standard InChI is InChI=1S/C32H34N8O2/c1-32(2,3)40-20-29(30(38-40)22-6-5-21-12-14-39(4)19-23(21)15-22)37-31(41)36-25-7-9-26(10-8-25)42-27-11-13-33-28(16-27)24-17-34-35-18-24/h5-11,13,15-18,20H,12,14,19H2,1-4H3,(H,34,35)(H2,36,37,41).